The second kappa shape index (κ2) is 2.78. The number of aromatic amines is 1. The highest BCUT2D eigenvalue weighted by Crippen LogP contribution is 2.36. The van der Waals surface area contributed by atoms with Crippen LogP contribution >= 0.6 is 46.4 Å². The summed E-state index contributed by atoms with van der Waals surface area (Å²) in [6.45, 7) is 0. The van der Waals surface area contributed by atoms with Gasteiger partial charge >= 0.3 is 0 Å². The highest BCUT2D eigenvalue weighted by Gasteiger charge is 2.26. The van der Waals surface area contributed by atoms with Crippen LogP contribution in [-0.2, 0) is 3.79 Å². The monoisotopic (exact) mass is 218 g/mol. The van der Waals surface area contributed by atoms with Crippen LogP contribution in [0.3, 0.4) is 0 Å². The molecule has 1 N–H and O–H groups in total. The first-order valence-corrected chi connectivity index (χ1v) is 3.79. The third-order valence-electron chi connectivity index (χ3n) is 0.813. The van der Waals surface area contributed by atoms with E-state index in [0.29, 0.717) is 5.15 Å². The van der Waals surface area contributed by atoms with Crippen molar-refractivity contribution in [1.82, 2.24) is 9.97 Å². The molecule has 1 heterocycles. The van der Waals surface area contributed by atoms with Crippen molar-refractivity contribution in [3.05, 3.63) is 17.2 Å². The Labute approximate surface area is 77.4 Å². The molecule has 0 radical (unpaired) electrons. The molecule has 0 aromatic carbocycles. The van der Waals surface area contributed by atoms with Crippen LogP contribution in [0, 0.1) is 0 Å². The zero-order chi connectivity index (χ0) is 7.78. The maximum atomic E-state index is 5.47. The van der Waals surface area contributed by atoms with Crippen molar-refractivity contribution in [2.24, 2.45) is 0 Å². The summed E-state index contributed by atoms with van der Waals surface area (Å²) in [6.07, 6.45) is 1.37. The number of nitrogens with zero attached hydrogens (tertiary/aromatic N) is 1. The van der Waals surface area contributed by atoms with Crippen molar-refractivity contribution >= 4 is 46.4 Å². The number of aromatic nitrogens is 2. The largest absolute Gasteiger partial charge is 0.329 e. The van der Waals surface area contributed by atoms with Gasteiger partial charge in [-0.25, -0.2) is 4.98 Å². The maximum Gasteiger partial charge on any atom is 0.248 e. The molecule has 0 aliphatic rings. The SMILES string of the molecule is Clc1cnc(C(Cl)(Cl)Cl)[nH]1. The van der Waals surface area contributed by atoms with Gasteiger partial charge in [-0.15, -0.1) is 0 Å². The fourth-order valence-corrected chi connectivity index (χ4v) is 0.869. The van der Waals surface area contributed by atoms with E-state index in [1.807, 2.05) is 0 Å². The molecule has 6 heteroatoms. The van der Waals surface area contributed by atoms with Gasteiger partial charge < -0.3 is 4.98 Å². The standard InChI is InChI=1S/C4H2Cl4N2/c5-2-1-9-3(10-2)4(6,7)8/h1H,(H,9,10). The van der Waals surface area contributed by atoms with Crippen molar-refractivity contribution in [3.63, 3.8) is 0 Å². The first-order valence-electron chi connectivity index (χ1n) is 2.28. The second-order valence-corrected chi connectivity index (χ2v) is 4.27. The highest BCUT2D eigenvalue weighted by molar-refractivity contribution is 6.66. The normalized spacial score (nSPS) is 12.0. The van der Waals surface area contributed by atoms with Crippen LogP contribution < -0.4 is 0 Å². The van der Waals surface area contributed by atoms with Gasteiger partial charge in [-0.3, -0.25) is 0 Å². The van der Waals surface area contributed by atoms with Crippen LogP contribution in [0.15, 0.2) is 6.20 Å². The molecule has 2 nitrogen and oxygen atoms in total. The number of halogens is 4. The number of imidazole rings is 1. The number of H-pyrrole nitrogens is 1. The number of hydrogen-bond donors (Lipinski definition) is 1. The summed E-state index contributed by atoms with van der Waals surface area (Å²) in [4.78, 5) is 6.28. The van der Waals surface area contributed by atoms with Crippen LogP contribution in [0.25, 0.3) is 0 Å². The predicted octanol–water partition coefficient (Wildman–Crippen LogP) is 2.89. The van der Waals surface area contributed by atoms with E-state index in [2.05, 4.69) is 9.97 Å². The topological polar surface area (TPSA) is 28.7 Å². The average Bonchev–Trinajstić information content (AvgIpc) is 2.11. The fourth-order valence-electron chi connectivity index (χ4n) is 0.443. The summed E-state index contributed by atoms with van der Waals surface area (Å²) < 4.78 is -1.52. The van der Waals surface area contributed by atoms with Crippen molar-refractivity contribution in [2.75, 3.05) is 0 Å². The van der Waals surface area contributed by atoms with Crippen molar-refractivity contribution < 1.29 is 0 Å². The summed E-state index contributed by atoms with van der Waals surface area (Å²) in [5.74, 6) is 0.225. The highest BCUT2D eigenvalue weighted by atomic mass is 35.6. The van der Waals surface area contributed by atoms with Crippen LogP contribution in [0.2, 0.25) is 5.15 Å². The summed E-state index contributed by atoms with van der Waals surface area (Å²) in [5, 5.41) is 0.348. The van der Waals surface area contributed by atoms with Gasteiger partial charge in [0.2, 0.25) is 3.79 Å². The first-order chi connectivity index (χ1) is 4.50. The maximum absolute atomic E-state index is 5.47. The average molecular weight is 220 g/mol. The molecule has 0 amide bonds. The molecule has 1 aromatic rings. The minimum absolute atomic E-state index is 0.225. The fraction of sp³-hybridized carbons (Fsp3) is 0.250. The van der Waals surface area contributed by atoms with Crippen LogP contribution in [0.4, 0.5) is 0 Å². The molecule has 0 unspecified atom stereocenters. The number of hydrogen-bond acceptors (Lipinski definition) is 1. The van der Waals surface area contributed by atoms with Gasteiger partial charge in [0.15, 0.2) is 5.82 Å². The van der Waals surface area contributed by atoms with E-state index in [1.54, 1.807) is 0 Å². The lowest BCUT2D eigenvalue weighted by Gasteiger charge is -2.04. The summed E-state index contributed by atoms with van der Waals surface area (Å²) in [7, 11) is 0. The second-order valence-electron chi connectivity index (χ2n) is 1.58. The summed E-state index contributed by atoms with van der Waals surface area (Å²) in [6, 6.07) is 0. The molecule has 1 aromatic heterocycles. The molecule has 0 aliphatic carbocycles. The van der Waals surface area contributed by atoms with E-state index in [0.717, 1.165) is 0 Å². The number of nitrogens with one attached hydrogen (secondary N) is 1. The lowest BCUT2D eigenvalue weighted by atomic mass is 10.7. The Hall–Kier alpha value is 0.370. The molecular formula is C4H2Cl4N2. The van der Waals surface area contributed by atoms with Gasteiger partial charge in [0.05, 0.1) is 6.20 Å². The Bertz CT molecular complexity index is 225. The summed E-state index contributed by atoms with van der Waals surface area (Å²) in [5.41, 5.74) is 0. The van der Waals surface area contributed by atoms with Crippen molar-refractivity contribution in [2.45, 2.75) is 3.79 Å². The van der Waals surface area contributed by atoms with Crippen molar-refractivity contribution in [1.29, 1.82) is 0 Å². The molecule has 10 heavy (non-hydrogen) atoms. The Balaban J connectivity index is 2.96. The zero-order valence-electron chi connectivity index (χ0n) is 4.54. The smallest absolute Gasteiger partial charge is 0.248 e. The quantitative estimate of drug-likeness (QED) is 0.669. The van der Waals surface area contributed by atoms with Crippen molar-refractivity contribution in [3.8, 4) is 0 Å². The molecule has 0 saturated carbocycles. The summed E-state index contributed by atoms with van der Waals surface area (Å²) >= 11 is 21.8. The minimum atomic E-state index is -1.52. The molecule has 0 atom stereocenters. The Kier molecular flexibility index (Phi) is 2.35. The van der Waals surface area contributed by atoms with Crippen LogP contribution in [0.1, 0.15) is 5.82 Å². The molecule has 0 spiro atoms. The van der Waals surface area contributed by atoms with E-state index >= 15 is 0 Å². The molecule has 0 bridgehead atoms. The third-order valence-corrected chi connectivity index (χ3v) is 1.54. The predicted molar refractivity (Wildman–Crippen MR) is 42.8 cm³/mol. The van der Waals surface area contributed by atoms with Crippen LogP contribution in [-0.4, -0.2) is 9.97 Å². The minimum Gasteiger partial charge on any atom is -0.329 e. The van der Waals surface area contributed by atoms with Gasteiger partial charge in [0.25, 0.3) is 0 Å². The molecule has 0 aliphatic heterocycles. The Morgan fingerprint density at radius 1 is 1.40 bits per heavy atom. The molecule has 0 saturated heterocycles. The lowest BCUT2D eigenvalue weighted by molar-refractivity contribution is 1.03. The number of rotatable bonds is 0. The third kappa shape index (κ3) is 1.92. The zero-order valence-corrected chi connectivity index (χ0v) is 7.56. The molecule has 1 rings (SSSR count). The van der Waals surface area contributed by atoms with E-state index in [1.165, 1.54) is 6.20 Å². The van der Waals surface area contributed by atoms with E-state index in [4.69, 9.17) is 46.4 Å². The lowest BCUT2D eigenvalue weighted by Crippen LogP contribution is -2.01. The van der Waals surface area contributed by atoms with E-state index in [-0.39, 0.29) is 5.82 Å². The Morgan fingerprint density at radius 3 is 2.20 bits per heavy atom. The van der Waals surface area contributed by atoms with E-state index in [9.17, 15) is 0 Å². The van der Waals surface area contributed by atoms with Gasteiger partial charge in [0.1, 0.15) is 5.15 Å². The first kappa shape index (κ1) is 8.47. The Morgan fingerprint density at radius 2 is 2.00 bits per heavy atom. The molecular weight excluding hydrogens is 218 g/mol. The molecule has 0 fully saturated rings. The van der Waals surface area contributed by atoms with Gasteiger partial charge in [0, 0.05) is 0 Å². The van der Waals surface area contributed by atoms with Gasteiger partial charge in [-0.2, -0.15) is 0 Å². The van der Waals surface area contributed by atoms with E-state index < -0.39 is 3.79 Å². The van der Waals surface area contributed by atoms with Gasteiger partial charge in [-0.05, 0) is 0 Å². The number of alkyl halides is 3. The van der Waals surface area contributed by atoms with Crippen LogP contribution in [0.5, 0.6) is 0 Å². The molecule has 56 valence electrons. The van der Waals surface area contributed by atoms with Gasteiger partial charge in [-0.1, -0.05) is 46.4 Å².